The molecule has 21 heavy (non-hydrogen) atoms. The molecule has 1 rings (SSSR count). The number of hydrogen-bond acceptors (Lipinski definition) is 6. The molecule has 1 aromatic carbocycles. The molecule has 8 heteroatoms. The fraction of sp³-hybridized carbons (Fsp3) is 0.462. The second-order valence-electron chi connectivity index (χ2n) is 4.28. The molecular formula is C13H18N2O5S. The summed E-state index contributed by atoms with van der Waals surface area (Å²) in [6, 6.07) is 4.00. The van der Waals surface area contributed by atoms with Gasteiger partial charge in [-0.1, -0.05) is 0 Å². The predicted molar refractivity (Wildman–Crippen MR) is 79.7 cm³/mol. The quantitative estimate of drug-likeness (QED) is 0.428. The van der Waals surface area contributed by atoms with Gasteiger partial charge < -0.3 is 15.2 Å². The van der Waals surface area contributed by atoms with E-state index in [1.807, 2.05) is 0 Å². The van der Waals surface area contributed by atoms with Crippen molar-refractivity contribution in [1.29, 1.82) is 0 Å². The Labute approximate surface area is 126 Å². The minimum atomic E-state index is -0.511. The fourth-order valence-corrected chi connectivity index (χ4v) is 2.34. The van der Waals surface area contributed by atoms with Gasteiger partial charge in [0, 0.05) is 25.3 Å². The molecule has 0 aliphatic rings. The zero-order chi connectivity index (χ0) is 15.8. The Hall–Kier alpha value is -1.64. The topological polar surface area (TPSA) is 102 Å². The van der Waals surface area contributed by atoms with Crippen LogP contribution in [0.1, 0.15) is 16.8 Å². The molecule has 0 spiro atoms. The number of rotatable bonds is 8. The Morgan fingerprint density at radius 1 is 1.57 bits per heavy atom. The number of aliphatic hydroxyl groups excluding tert-OH is 1. The number of carbonyl (C=O) groups excluding carboxylic acids is 1. The first kappa shape index (κ1) is 17.4. The molecule has 0 aliphatic carbocycles. The van der Waals surface area contributed by atoms with E-state index in [-0.39, 0.29) is 30.5 Å². The SMILES string of the molecule is COCC(CCO)NC(=O)c1ccc(SC)c([N+](=O)[O-])c1. The van der Waals surface area contributed by atoms with E-state index in [0.717, 1.165) is 0 Å². The van der Waals surface area contributed by atoms with Crippen LogP contribution in [-0.2, 0) is 4.74 Å². The number of carbonyl (C=O) groups is 1. The number of amides is 1. The van der Waals surface area contributed by atoms with Gasteiger partial charge in [-0.15, -0.1) is 11.8 Å². The van der Waals surface area contributed by atoms with E-state index in [2.05, 4.69) is 5.32 Å². The van der Waals surface area contributed by atoms with Crippen molar-refractivity contribution in [3.63, 3.8) is 0 Å². The first-order valence-electron chi connectivity index (χ1n) is 6.26. The minimum absolute atomic E-state index is 0.0835. The second-order valence-corrected chi connectivity index (χ2v) is 5.13. The van der Waals surface area contributed by atoms with E-state index >= 15 is 0 Å². The molecule has 1 unspecified atom stereocenters. The monoisotopic (exact) mass is 314 g/mol. The molecule has 0 saturated carbocycles. The molecule has 2 N–H and O–H groups in total. The molecular weight excluding hydrogens is 296 g/mol. The normalized spacial score (nSPS) is 12.0. The highest BCUT2D eigenvalue weighted by Crippen LogP contribution is 2.28. The summed E-state index contributed by atoms with van der Waals surface area (Å²) >= 11 is 1.25. The lowest BCUT2D eigenvalue weighted by Crippen LogP contribution is -2.38. The maximum atomic E-state index is 12.1. The summed E-state index contributed by atoms with van der Waals surface area (Å²) in [7, 11) is 1.49. The Morgan fingerprint density at radius 3 is 2.81 bits per heavy atom. The van der Waals surface area contributed by atoms with Crippen LogP contribution >= 0.6 is 11.8 Å². The molecule has 1 amide bonds. The number of thioether (sulfide) groups is 1. The fourth-order valence-electron chi connectivity index (χ4n) is 1.80. The van der Waals surface area contributed by atoms with Crippen molar-refractivity contribution < 1.29 is 19.6 Å². The Kier molecular flexibility index (Phi) is 7.13. The second kappa shape index (κ2) is 8.60. The summed E-state index contributed by atoms with van der Waals surface area (Å²) < 4.78 is 4.95. The lowest BCUT2D eigenvalue weighted by molar-refractivity contribution is -0.387. The third kappa shape index (κ3) is 5.00. The van der Waals surface area contributed by atoms with Crippen molar-refractivity contribution in [1.82, 2.24) is 5.32 Å². The van der Waals surface area contributed by atoms with Crippen molar-refractivity contribution >= 4 is 23.4 Å². The Morgan fingerprint density at radius 2 is 2.29 bits per heavy atom. The molecule has 0 bridgehead atoms. The highest BCUT2D eigenvalue weighted by atomic mass is 32.2. The number of benzene rings is 1. The molecule has 0 aromatic heterocycles. The average Bonchev–Trinajstić information content (AvgIpc) is 2.46. The van der Waals surface area contributed by atoms with Crippen LogP contribution in [0, 0.1) is 10.1 Å². The molecule has 0 fully saturated rings. The Balaban J connectivity index is 2.91. The van der Waals surface area contributed by atoms with Crippen molar-refractivity contribution in [3.05, 3.63) is 33.9 Å². The van der Waals surface area contributed by atoms with E-state index in [0.29, 0.717) is 11.3 Å². The number of nitrogens with zero attached hydrogens (tertiary/aromatic N) is 1. The van der Waals surface area contributed by atoms with Gasteiger partial charge >= 0.3 is 0 Å². The van der Waals surface area contributed by atoms with Crippen LogP contribution in [0.15, 0.2) is 23.1 Å². The number of methoxy groups -OCH3 is 1. The number of ether oxygens (including phenoxy) is 1. The minimum Gasteiger partial charge on any atom is -0.396 e. The number of nitro groups is 1. The van der Waals surface area contributed by atoms with Gasteiger partial charge in [-0.2, -0.15) is 0 Å². The molecule has 116 valence electrons. The van der Waals surface area contributed by atoms with Gasteiger partial charge in [-0.05, 0) is 24.8 Å². The van der Waals surface area contributed by atoms with Crippen LogP contribution in [0.25, 0.3) is 0 Å². The standard InChI is InChI=1S/C13H18N2O5S/c1-20-8-10(5-6-16)14-13(17)9-3-4-12(21-2)11(7-9)15(18)19/h3-4,7,10,16H,5-6,8H2,1-2H3,(H,14,17). The highest BCUT2D eigenvalue weighted by Gasteiger charge is 2.19. The maximum absolute atomic E-state index is 12.1. The van der Waals surface area contributed by atoms with E-state index < -0.39 is 10.8 Å². The lowest BCUT2D eigenvalue weighted by atomic mass is 10.1. The van der Waals surface area contributed by atoms with Crippen molar-refractivity contribution in [2.24, 2.45) is 0 Å². The predicted octanol–water partition coefficient (Wildman–Crippen LogP) is 1.44. The highest BCUT2D eigenvalue weighted by molar-refractivity contribution is 7.98. The number of hydrogen-bond donors (Lipinski definition) is 2. The molecule has 0 radical (unpaired) electrons. The van der Waals surface area contributed by atoms with E-state index in [9.17, 15) is 14.9 Å². The van der Waals surface area contributed by atoms with Crippen molar-refractivity contribution in [2.45, 2.75) is 17.4 Å². The Bertz CT molecular complexity index is 503. The van der Waals surface area contributed by atoms with Crippen LogP contribution < -0.4 is 5.32 Å². The largest absolute Gasteiger partial charge is 0.396 e. The number of nitro benzene ring substituents is 1. The zero-order valence-corrected chi connectivity index (χ0v) is 12.7. The van der Waals surface area contributed by atoms with Gasteiger partial charge in [-0.3, -0.25) is 14.9 Å². The van der Waals surface area contributed by atoms with Crippen LogP contribution in [0.5, 0.6) is 0 Å². The van der Waals surface area contributed by atoms with Gasteiger partial charge in [0.2, 0.25) is 0 Å². The third-order valence-electron chi connectivity index (χ3n) is 2.82. The van der Waals surface area contributed by atoms with Crippen molar-refractivity contribution in [2.75, 3.05) is 26.6 Å². The summed E-state index contributed by atoms with van der Waals surface area (Å²) in [5.74, 6) is -0.429. The number of nitrogens with one attached hydrogen (secondary N) is 1. The average molecular weight is 314 g/mol. The maximum Gasteiger partial charge on any atom is 0.283 e. The lowest BCUT2D eigenvalue weighted by Gasteiger charge is -2.16. The summed E-state index contributed by atoms with van der Waals surface area (Å²) in [5, 5.41) is 22.6. The van der Waals surface area contributed by atoms with Gasteiger partial charge in [0.1, 0.15) is 0 Å². The van der Waals surface area contributed by atoms with E-state index in [1.54, 1.807) is 12.3 Å². The molecule has 0 heterocycles. The first-order chi connectivity index (χ1) is 10.0. The summed E-state index contributed by atoms with van der Waals surface area (Å²) in [5.41, 5.74) is 0.110. The van der Waals surface area contributed by atoms with Crippen LogP contribution in [0.4, 0.5) is 5.69 Å². The summed E-state index contributed by atoms with van der Waals surface area (Å²) in [4.78, 5) is 23.1. The van der Waals surface area contributed by atoms with Crippen LogP contribution in [0.3, 0.4) is 0 Å². The van der Waals surface area contributed by atoms with E-state index in [1.165, 1.54) is 31.0 Å². The summed E-state index contributed by atoms with van der Waals surface area (Å²) in [6.07, 6.45) is 2.09. The first-order valence-corrected chi connectivity index (χ1v) is 7.49. The molecule has 7 nitrogen and oxygen atoms in total. The van der Waals surface area contributed by atoms with Crippen LogP contribution in [-0.4, -0.2) is 48.6 Å². The molecule has 1 atom stereocenters. The van der Waals surface area contributed by atoms with Gasteiger partial charge in [0.25, 0.3) is 11.6 Å². The molecule has 1 aromatic rings. The van der Waals surface area contributed by atoms with Gasteiger partial charge in [0.05, 0.1) is 22.5 Å². The van der Waals surface area contributed by atoms with Crippen LogP contribution in [0.2, 0.25) is 0 Å². The summed E-state index contributed by atoms with van der Waals surface area (Å²) in [6.45, 7) is 0.178. The van der Waals surface area contributed by atoms with Gasteiger partial charge in [-0.25, -0.2) is 0 Å². The van der Waals surface area contributed by atoms with Gasteiger partial charge in [0.15, 0.2) is 0 Å². The number of aliphatic hydroxyl groups is 1. The molecule has 0 saturated heterocycles. The zero-order valence-electron chi connectivity index (χ0n) is 11.9. The third-order valence-corrected chi connectivity index (χ3v) is 3.60. The molecule has 0 aliphatic heterocycles. The van der Waals surface area contributed by atoms with E-state index in [4.69, 9.17) is 9.84 Å². The van der Waals surface area contributed by atoms with Crippen molar-refractivity contribution in [3.8, 4) is 0 Å². The smallest absolute Gasteiger partial charge is 0.283 e.